The summed E-state index contributed by atoms with van der Waals surface area (Å²) >= 11 is 0. The van der Waals surface area contributed by atoms with Crippen molar-refractivity contribution in [2.24, 2.45) is 5.92 Å². The van der Waals surface area contributed by atoms with Gasteiger partial charge in [0.05, 0.1) is 0 Å². The Kier molecular flexibility index (Phi) is 6.06. The molecule has 1 atom stereocenters. The Bertz CT molecular complexity index is 394. The second-order valence-electron chi connectivity index (χ2n) is 6.12. The van der Waals surface area contributed by atoms with E-state index in [9.17, 15) is 0 Å². The fourth-order valence-corrected chi connectivity index (χ4v) is 3.33. The molecule has 0 saturated carbocycles. The van der Waals surface area contributed by atoms with Gasteiger partial charge in [0.1, 0.15) is 0 Å². The van der Waals surface area contributed by atoms with E-state index >= 15 is 0 Å². The van der Waals surface area contributed by atoms with E-state index in [1.807, 2.05) is 0 Å². The van der Waals surface area contributed by atoms with Crippen LogP contribution in [0.25, 0.3) is 0 Å². The Morgan fingerprint density at radius 1 is 1.20 bits per heavy atom. The molecule has 0 spiro atoms. The summed E-state index contributed by atoms with van der Waals surface area (Å²) in [6.07, 6.45) is 4.11. The van der Waals surface area contributed by atoms with Gasteiger partial charge in [-0.25, -0.2) is 0 Å². The second kappa shape index (κ2) is 7.80. The Morgan fingerprint density at radius 2 is 1.90 bits per heavy atom. The van der Waals surface area contributed by atoms with Crippen molar-refractivity contribution < 1.29 is 0 Å². The number of nitrogens with one attached hydrogen (secondary N) is 1. The van der Waals surface area contributed by atoms with Gasteiger partial charge in [0.2, 0.25) is 0 Å². The highest BCUT2D eigenvalue weighted by Crippen LogP contribution is 2.23. The van der Waals surface area contributed by atoms with E-state index in [1.165, 1.54) is 43.5 Å². The number of nitrogens with zero attached hydrogens (tertiary/aromatic N) is 1. The second-order valence-corrected chi connectivity index (χ2v) is 6.12. The normalized spacial score (nSPS) is 19.1. The minimum atomic E-state index is 0.472. The van der Waals surface area contributed by atoms with Crippen LogP contribution in [0.5, 0.6) is 0 Å². The highest BCUT2D eigenvalue weighted by Gasteiger charge is 2.21. The third-order valence-electron chi connectivity index (χ3n) is 4.74. The first-order valence-electron chi connectivity index (χ1n) is 8.25. The molecule has 0 bridgehead atoms. The van der Waals surface area contributed by atoms with Crippen LogP contribution in [-0.4, -0.2) is 31.1 Å². The van der Waals surface area contributed by atoms with Crippen molar-refractivity contribution in [1.82, 2.24) is 10.2 Å². The fraction of sp³-hybridized carbons (Fsp3) is 0.667. The number of hydrogen-bond acceptors (Lipinski definition) is 2. The van der Waals surface area contributed by atoms with E-state index < -0.39 is 0 Å². The molecule has 1 aromatic rings. The van der Waals surface area contributed by atoms with Crippen LogP contribution < -0.4 is 5.32 Å². The van der Waals surface area contributed by atoms with Gasteiger partial charge in [0.25, 0.3) is 0 Å². The Hall–Kier alpha value is -0.860. The molecule has 2 rings (SSSR count). The lowest BCUT2D eigenvalue weighted by Crippen LogP contribution is -2.40. The van der Waals surface area contributed by atoms with Crippen molar-refractivity contribution in [3.8, 4) is 0 Å². The highest BCUT2D eigenvalue weighted by molar-refractivity contribution is 5.29. The maximum atomic E-state index is 3.67. The summed E-state index contributed by atoms with van der Waals surface area (Å²) in [6, 6.07) is 9.27. The fourth-order valence-electron chi connectivity index (χ4n) is 3.33. The third kappa shape index (κ3) is 4.07. The summed E-state index contributed by atoms with van der Waals surface area (Å²) < 4.78 is 0. The number of likely N-dealkylation sites (tertiary alicyclic amines) is 1. The molecule has 1 N–H and O–H groups in total. The first-order chi connectivity index (χ1) is 9.74. The summed E-state index contributed by atoms with van der Waals surface area (Å²) in [6.45, 7) is 11.5. The number of hydrogen-bond donors (Lipinski definition) is 1. The zero-order chi connectivity index (χ0) is 14.4. The van der Waals surface area contributed by atoms with E-state index in [-0.39, 0.29) is 0 Å². The van der Waals surface area contributed by atoms with Crippen LogP contribution >= 0.6 is 0 Å². The predicted molar refractivity (Wildman–Crippen MR) is 87.1 cm³/mol. The quantitative estimate of drug-likeness (QED) is 0.849. The van der Waals surface area contributed by atoms with Crippen molar-refractivity contribution in [3.63, 3.8) is 0 Å². The maximum Gasteiger partial charge on any atom is 0.0451 e. The van der Waals surface area contributed by atoms with Crippen molar-refractivity contribution >= 4 is 0 Å². The van der Waals surface area contributed by atoms with E-state index in [4.69, 9.17) is 0 Å². The maximum absolute atomic E-state index is 3.67. The lowest BCUT2D eigenvalue weighted by molar-refractivity contribution is 0.166. The van der Waals surface area contributed by atoms with E-state index in [0.29, 0.717) is 6.04 Å². The molecule has 0 aromatic heterocycles. The lowest BCUT2D eigenvalue weighted by atomic mass is 9.93. The molecular weight excluding hydrogens is 244 g/mol. The van der Waals surface area contributed by atoms with Gasteiger partial charge in [-0.15, -0.1) is 0 Å². The van der Waals surface area contributed by atoms with Crippen molar-refractivity contribution in [1.29, 1.82) is 0 Å². The van der Waals surface area contributed by atoms with Crippen LogP contribution in [-0.2, 0) is 0 Å². The predicted octanol–water partition coefficient (Wildman–Crippen LogP) is 3.77. The van der Waals surface area contributed by atoms with Crippen molar-refractivity contribution in [2.45, 2.75) is 46.1 Å². The SMILES string of the molecule is CCNC(CN1CCC(CC)CC1)c1ccccc1C. The van der Waals surface area contributed by atoms with Gasteiger partial charge >= 0.3 is 0 Å². The minimum absolute atomic E-state index is 0.472. The number of likely N-dealkylation sites (N-methyl/N-ethyl adjacent to an activating group) is 1. The van der Waals surface area contributed by atoms with Crippen LogP contribution in [0.1, 0.15) is 50.3 Å². The first kappa shape index (κ1) is 15.5. The van der Waals surface area contributed by atoms with E-state index in [2.05, 4.69) is 55.3 Å². The van der Waals surface area contributed by atoms with Gasteiger partial charge in [-0.3, -0.25) is 0 Å². The summed E-state index contributed by atoms with van der Waals surface area (Å²) in [7, 11) is 0. The molecule has 2 nitrogen and oxygen atoms in total. The van der Waals surface area contributed by atoms with Crippen LogP contribution in [0.15, 0.2) is 24.3 Å². The summed E-state index contributed by atoms with van der Waals surface area (Å²) in [5, 5.41) is 3.67. The Labute approximate surface area is 124 Å². The molecule has 2 heteroatoms. The third-order valence-corrected chi connectivity index (χ3v) is 4.74. The van der Waals surface area contributed by atoms with Crippen molar-refractivity contribution in [2.75, 3.05) is 26.2 Å². The van der Waals surface area contributed by atoms with Crippen molar-refractivity contribution in [3.05, 3.63) is 35.4 Å². The molecule has 1 aliphatic heterocycles. The van der Waals surface area contributed by atoms with E-state index in [1.54, 1.807) is 0 Å². The molecule has 0 aliphatic carbocycles. The Balaban J connectivity index is 1.98. The van der Waals surface area contributed by atoms with Gasteiger partial charge in [-0.1, -0.05) is 44.5 Å². The number of rotatable bonds is 6. The van der Waals surface area contributed by atoms with Gasteiger partial charge in [-0.2, -0.15) is 0 Å². The number of benzene rings is 1. The Morgan fingerprint density at radius 3 is 2.50 bits per heavy atom. The van der Waals surface area contributed by atoms with Gasteiger partial charge in [0, 0.05) is 12.6 Å². The highest BCUT2D eigenvalue weighted by atomic mass is 15.2. The monoisotopic (exact) mass is 274 g/mol. The van der Waals surface area contributed by atoms with Gasteiger partial charge < -0.3 is 10.2 Å². The van der Waals surface area contributed by atoms with E-state index in [0.717, 1.165) is 19.0 Å². The van der Waals surface area contributed by atoms with Gasteiger partial charge in [0.15, 0.2) is 0 Å². The molecule has 112 valence electrons. The molecule has 1 heterocycles. The molecule has 1 aliphatic rings. The molecule has 1 unspecified atom stereocenters. The first-order valence-corrected chi connectivity index (χ1v) is 8.25. The standard InChI is InChI=1S/C18H30N2/c1-4-16-10-12-20(13-11-16)14-18(19-5-2)17-9-7-6-8-15(17)3/h6-9,16,18-19H,4-5,10-14H2,1-3H3. The summed E-state index contributed by atoms with van der Waals surface area (Å²) in [4.78, 5) is 2.64. The van der Waals surface area contributed by atoms with Crippen LogP contribution in [0, 0.1) is 12.8 Å². The molecule has 20 heavy (non-hydrogen) atoms. The van der Waals surface area contributed by atoms with Crippen LogP contribution in [0.4, 0.5) is 0 Å². The smallest absolute Gasteiger partial charge is 0.0451 e. The zero-order valence-corrected chi connectivity index (χ0v) is 13.4. The molecule has 0 amide bonds. The molecule has 1 saturated heterocycles. The molecule has 0 radical (unpaired) electrons. The number of aryl methyl sites for hydroxylation is 1. The molecular formula is C18H30N2. The molecule has 1 aromatic carbocycles. The lowest BCUT2D eigenvalue weighted by Gasteiger charge is -2.34. The summed E-state index contributed by atoms with van der Waals surface area (Å²) in [5.41, 5.74) is 2.87. The summed E-state index contributed by atoms with van der Waals surface area (Å²) in [5.74, 6) is 0.960. The zero-order valence-electron chi connectivity index (χ0n) is 13.4. The van der Waals surface area contributed by atoms with Crippen LogP contribution in [0.2, 0.25) is 0 Å². The van der Waals surface area contributed by atoms with Crippen LogP contribution in [0.3, 0.4) is 0 Å². The average molecular weight is 274 g/mol. The molecule has 1 fully saturated rings. The topological polar surface area (TPSA) is 15.3 Å². The average Bonchev–Trinajstić information content (AvgIpc) is 2.48. The number of piperidine rings is 1. The minimum Gasteiger partial charge on any atom is -0.309 e. The largest absolute Gasteiger partial charge is 0.309 e. The van der Waals surface area contributed by atoms with Gasteiger partial charge in [-0.05, 0) is 56.4 Å².